The SMILES string of the molecule is CCNC(=O)c1cccc(NC(=O)/C=C/c2c(C)nn(C)c2C)c1. The van der Waals surface area contributed by atoms with E-state index in [4.69, 9.17) is 0 Å². The number of nitrogens with one attached hydrogen (secondary N) is 2. The molecule has 0 saturated heterocycles. The van der Waals surface area contributed by atoms with E-state index in [9.17, 15) is 9.59 Å². The summed E-state index contributed by atoms with van der Waals surface area (Å²) in [6.07, 6.45) is 3.22. The van der Waals surface area contributed by atoms with E-state index in [2.05, 4.69) is 15.7 Å². The minimum atomic E-state index is -0.259. The molecule has 0 aliphatic heterocycles. The number of rotatable bonds is 5. The van der Waals surface area contributed by atoms with Crippen molar-refractivity contribution in [2.45, 2.75) is 20.8 Å². The first-order valence-electron chi connectivity index (χ1n) is 7.80. The highest BCUT2D eigenvalue weighted by atomic mass is 16.2. The molecule has 126 valence electrons. The van der Waals surface area contributed by atoms with Crippen LogP contribution in [0.25, 0.3) is 6.08 Å². The molecule has 1 aromatic heterocycles. The summed E-state index contributed by atoms with van der Waals surface area (Å²) in [5.41, 5.74) is 3.89. The van der Waals surface area contributed by atoms with Crippen molar-refractivity contribution in [3.8, 4) is 0 Å². The Bertz CT molecular complexity index is 790. The Labute approximate surface area is 141 Å². The zero-order valence-corrected chi connectivity index (χ0v) is 14.4. The number of anilines is 1. The molecule has 0 spiro atoms. The van der Waals surface area contributed by atoms with Gasteiger partial charge < -0.3 is 10.6 Å². The average Bonchev–Trinajstić information content (AvgIpc) is 2.78. The highest BCUT2D eigenvalue weighted by molar-refractivity contribution is 6.03. The van der Waals surface area contributed by atoms with Gasteiger partial charge in [0.1, 0.15) is 0 Å². The molecule has 6 heteroatoms. The van der Waals surface area contributed by atoms with Crippen LogP contribution in [0.15, 0.2) is 30.3 Å². The lowest BCUT2D eigenvalue weighted by Gasteiger charge is -2.06. The van der Waals surface area contributed by atoms with Crippen molar-refractivity contribution in [3.05, 3.63) is 52.9 Å². The molecule has 1 heterocycles. The van der Waals surface area contributed by atoms with Gasteiger partial charge in [-0.2, -0.15) is 5.10 Å². The maximum absolute atomic E-state index is 12.1. The van der Waals surface area contributed by atoms with Crippen LogP contribution in [-0.2, 0) is 11.8 Å². The monoisotopic (exact) mass is 326 g/mol. The Hall–Kier alpha value is -2.89. The predicted molar refractivity (Wildman–Crippen MR) is 94.8 cm³/mol. The molecule has 0 fully saturated rings. The summed E-state index contributed by atoms with van der Waals surface area (Å²) in [5.74, 6) is -0.420. The van der Waals surface area contributed by atoms with Gasteiger partial charge in [0.2, 0.25) is 5.91 Å². The van der Waals surface area contributed by atoms with E-state index < -0.39 is 0 Å². The summed E-state index contributed by atoms with van der Waals surface area (Å²) in [6, 6.07) is 6.84. The van der Waals surface area contributed by atoms with Crippen LogP contribution in [0.3, 0.4) is 0 Å². The maximum Gasteiger partial charge on any atom is 0.251 e. The number of benzene rings is 1. The van der Waals surface area contributed by atoms with Gasteiger partial charge in [-0.1, -0.05) is 6.07 Å². The Morgan fingerprint density at radius 2 is 2.04 bits per heavy atom. The Morgan fingerprint density at radius 3 is 2.67 bits per heavy atom. The number of hydrogen-bond donors (Lipinski definition) is 2. The molecule has 0 radical (unpaired) electrons. The van der Waals surface area contributed by atoms with Crippen molar-refractivity contribution in [2.75, 3.05) is 11.9 Å². The van der Waals surface area contributed by atoms with Gasteiger partial charge in [-0.3, -0.25) is 14.3 Å². The van der Waals surface area contributed by atoms with Crippen molar-refractivity contribution < 1.29 is 9.59 Å². The summed E-state index contributed by atoms with van der Waals surface area (Å²) in [5, 5.41) is 9.80. The second-order valence-electron chi connectivity index (χ2n) is 5.47. The molecule has 0 aliphatic carbocycles. The fourth-order valence-corrected chi connectivity index (χ4v) is 2.37. The molecule has 6 nitrogen and oxygen atoms in total. The van der Waals surface area contributed by atoms with Crippen molar-refractivity contribution >= 4 is 23.6 Å². The lowest BCUT2D eigenvalue weighted by Crippen LogP contribution is -2.22. The van der Waals surface area contributed by atoms with Crippen molar-refractivity contribution in [3.63, 3.8) is 0 Å². The number of carbonyl (C=O) groups is 2. The van der Waals surface area contributed by atoms with E-state index >= 15 is 0 Å². The van der Waals surface area contributed by atoms with Crippen LogP contribution in [-0.4, -0.2) is 28.1 Å². The smallest absolute Gasteiger partial charge is 0.251 e. The third-order valence-corrected chi connectivity index (χ3v) is 3.70. The molecule has 1 aromatic carbocycles. The highest BCUT2D eigenvalue weighted by Crippen LogP contribution is 2.14. The summed E-state index contributed by atoms with van der Waals surface area (Å²) in [7, 11) is 1.87. The van der Waals surface area contributed by atoms with Crippen LogP contribution in [0.4, 0.5) is 5.69 Å². The molecule has 2 N–H and O–H groups in total. The number of carbonyl (C=O) groups excluding carboxylic acids is 2. The van der Waals surface area contributed by atoms with Crippen LogP contribution in [0, 0.1) is 13.8 Å². The molecule has 0 unspecified atom stereocenters. The fourth-order valence-electron chi connectivity index (χ4n) is 2.37. The first kappa shape index (κ1) is 17.5. The minimum absolute atomic E-state index is 0.161. The van der Waals surface area contributed by atoms with Crippen molar-refractivity contribution in [1.29, 1.82) is 0 Å². The van der Waals surface area contributed by atoms with E-state index in [0.29, 0.717) is 17.8 Å². The van der Waals surface area contributed by atoms with Crippen molar-refractivity contribution in [1.82, 2.24) is 15.1 Å². The molecule has 2 amide bonds. The Kier molecular flexibility index (Phi) is 5.52. The highest BCUT2D eigenvalue weighted by Gasteiger charge is 2.08. The zero-order valence-electron chi connectivity index (χ0n) is 14.4. The van der Waals surface area contributed by atoms with Crippen LogP contribution in [0.5, 0.6) is 0 Å². The Morgan fingerprint density at radius 1 is 1.29 bits per heavy atom. The predicted octanol–water partition coefficient (Wildman–Crippen LogP) is 2.44. The lowest BCUT2D eigenvalue weighted by atomic mass is 10.1. The summed E-state index contributed by atoms with van der Waals surface area (Å²) in [6.45, 7) is 6.27. The van der Waals surface area contributed by atoms with Crippen LogP contribution in [0.1, 0.15) is 34.2 Å². The molecule has 0 saturated carbocycles. The maximum atomic E-state index is 12.1. The van der Waals surface area contributed by atoms with E-state index in [1.807, 2.05) is 27.8 Å². The largest absolute Gasteiger partial charge is 0.352 e. The molecule has 0 aliphatic rings. The van der Waals surface area contributed by atoms with Gasteiger partial charge >= 0.3 is 0 Å². The topological polar surface area (TPSA) is 76.0 Å². The normalized spacial score (nSPS) is 10.8. The van der Waals surface area contributed by atoms with Crippen LogP contribution < -0.4 is 10.6 Å². The van der Waals surface area contributed by atoms with Gasteiger partial charge in [0.05, 0.1) is 5.69 Å². The molecule has 0 bridgehead atoms. The summed E-state index contributed by atoms with van der Waals surface area (Å²) >= 11 is 0. The second kappa shape index (κ2) is 7.59. The van der Waals surface area contributed by atoms with Crippen LogP contribution in [0.2, 0.25) is 0 Å². The third kappa shape index (κ3) is 4.10. The number of amides is 2. The van der Waals surface area contributed by atoms with Crippen molar-refractivity contribution in [2.24, 2.45) is 7.05 Å². The molecule has 2 rings (SSSR count). The molecule has 24 heavy (non-hydrogen) atoms. The van der Waals surface area contributed by atoms with Gasteiger partial charge in [-0.15, -0.1) is 0 Å². The molecular weight excluding hydrogens is 304 g/mol. The fraction of sp³-hybridized carbons (Fsp3) is 0.278. The first-order chi connectivity index (χ1) is 11.4. The number of hydrogen-bond acceptors (Lipinski definition) is 3. The van der Waals surface area contributed by atoms with E-state index in [1.54, 1.807) is 35.0 Å². The summed E-state index contributed by atoms with van der Waals surface area (Å²) in [4.78, 5) is 23.9. The third-order valence-electron chi connectivity index (χ3n) is 3.70. The zero-order chi connectivity index (χ0) is 17.7. The lowest BCUT2D eigenvalue weighted by molar-refractivity contribution is -0.111. The molecule has 2 aromatic rings. The standard InChI is InChI=1S/C18H22N4O2/c1-5-19-18(24)14-7-6-8-15(11-14)20-17(23)10-9-16-12(2)21-22(4)13(16)3/h6-11H,5H2,1-4H3,(H,19,24)(H,20,23)/b10-9+. The molecular formula is C18H22N4O2. The summed E-state index contributed by atoms with van der Waals surface area (Å²) < 4.78 is 1.78. The second-order valence-corrected chi connectivity index (χ2v) is 5.47. The minimum Gasteiger partial charge on any atom is -0.352 e. The van der Waals surface area contributed by atoms with Gasteiger partial charge in [0, 0.05) is 42.2 Å². The first-order valence-corrected chi connectivity index (χ1v) is 7.80. The van der Waals surface area contributed by atoms with Gasteiger partial charge in [0.25, 0.3) is 5.91 Å². The number of nitrogens with zero attached hydrogens (tertiary/aromatic N) is 2. The number of aromatic nitrogens is 2. The molecule has 0 atom stereocenters. The van der Waals surface area contributed by atoms with Crippen LogP contribution >= 0.6 is 0 Å². The average molecular weight is 326 g/mol. The van der Waals surface area contributed by atoms with Gasteiger partial charge in [0.15, 0.2) is 0 Å². The Balaban J connectivity index is 2.08. The van der Waals surface area contributed by atoms with E-state index in [1.165, 1.54) is 6.08 Å². The van der Waals surface area contributed by atoms with E-state index in [0.717, 1.165) is 17.0 Å². The number of aryl methyl sites for hydroxylation is 2. The van der Waals surface area contributed by atoms with Gasteiger partial charge in [-0.05, 0) is 45.0 Å². The van der Waals surface area contributed by atoms with Gasteiger partial charge in [-0.25, -0.2) is 0 Å². The van der Waals surface area contributed by atoms with E-state index in [-0.39, 0.29) is 11.8 Å². The quantitative estimate of drug-likeness (QED) is 0.829.